The molecule has 0 atom stereocenters. The largest absolute Gasteiger partial charge is 0.465 e. The molecule has 2 aromatic rings. The number of esters is 1. The van der Waals surface area contributed by atoms with Gasteiger partial charge in [0.05, 0.1) is 12.7 Å². The second-order valence-electron chi connectivity index (χ2n) is 5.44. The molecule has 2 aromatic carbocycles. The molecule has 2 amide bonds. The highest BCUT2D eigenvalue weighted by Gasteiger charge is 2.09. The maximum Gasteiger partial charge on any atom is 0.337 e. The number of carbonyl (C=O) groups is 3. The Morgan fingerprint density at radius 1 is 1.00 bits per heavy atom. The van der Waals surface area contributed by atoms with Gasteiger partial charge in [0.2, 0.25) is 5.91 Å². The van der Waals surface area contributed by atoms with E-state index in [1.54, 1.807) is 36.4 Å². The number of carbonyl (C=O) groups excluding carboxylic acids is 3. The molecule has 6 heteroatoms. The number of ether oxygens (including phenoxy) is 1. The number of aryl methyl sites for hydroxylation is 1. The molecule has 2 N–H and O–H groups in total. The summed E-state index contributed by atoms with van der Waals surface area (Å²) in [6, 6.07) is 13.7. The Kier molecular flexibility index (Phi) is 6.28. The first-order valence-corrected chi connectivity index (χ1v) is 7.83. The molecule has 2 rings (SSSR count). The number of methoxy groups -OCH3 is 1. The average Bonchev–Trinajstić information content (AvgIpc) is 2.62. The molecular formula is C19H20N2O4. The number of anilines is 1. The minimum atomic E-state index is -0.434. The van der Waals surface area contributed by atoms with E-state index in [0.717, 1.165) is 5.56 Å². The lowest BCUT2D eigenvalue weighted by Gasteiger charge is -2.08. The molecule has 0 aliphatic carbocycles. The lowest BCUT2D eigenvalue weighted by atomic mass is 10.1. The van der Waals surface area contributed by atoms with Gasteiger partial charge in [-0.3, -0.25) is 9.59 Å². The highest BCUT2D eigenvalue weighted by atomic mass is 16.5. The van der Waals surface area contributed by atoms with Crippen LogP contribution in [-0.2, 0) is 9.53 Å². The van der Waals surface area contributed by atoms with Gasteiger partial charge in [-0.1, -0.05) is 18.2 Å². The molecule has 130 valence electrons. The van der Waals surface area contributed by atoms with Crippen LogP contribution in [-0.4, -0.2) is 31.4 Å². The van der Waals surface area contributed by atoms with Crippen molar-refractivity contribution in [3.05, 3.63) is 65.2 Å². The summed E-state index contributed by atoms with van der Waals surface area (Å²) in [5.41, 5.74) is 2.46. The minimum absolute atomic E-state index is 0.149. The van der Waals surface area contributed by atoms with Gasteiger partial charge in [0.25, 0.3) is 5.91 Å². The third-order valence-corrected chi connectivity index (χ3v) is 3.62. The van der Waals surface area contributed by atoms with Crippen molar-refractivity contribution in [3.63, 3.8) is 0 Å². The number of benzene rings is 2. The zero-order valence-corrected chi connectivity index (χ0v) is 14.2. The van der Waals surface area contributed by atoms with Crippen molar-refractivity contribution in [1.29, 1.82) is 0 Å². The van der Waals surface area contributed by atoms with Crippen LogP contribution in [0.1, 0.15) is 32.7 Å². The van der Waals surface area contributed by atoms with Crippen LogP contribution >= 0.6 is 0 Å². The normalized spacial score (nSPS) is 10.0. The van der Waals surface area contributed by atoms with E-state index >= 15 is 0 Å². The van der Waals surface area contributed by atoms with Gasteiger partial charge >= 0.3 is 5.97 Å². The van der Waals surface area contributed by atoms with Crippen LogP contribution in [0.5, 0.6) is 0 Å². The van der Waals surface area contributed by atoms with Gasteiger partial charge in [-0.25, -0.2) is 4.79 Å². The zero-order chi connectivity index (χ0) is 18.2. The molecule has 0 unspecified atom stereocenters. The summed E-state index contributed by atoms with van der Waals surface area (Å²) >= 11 is 0. The van der Waals surface area contributed by atoms with Gasteiger partial charge in [0.1, 0.15) is 0 Å². The first kappa shape index (κ1) is 18.2. The average molecular weight is 340 g/mol. The zero-order valence-electron chi connectivity index (χ0n) is 14.2. The predicted octanol–water partition coefficient (Wildman–Crippen LogP) is 2.54. The van der Waals surface area contributed by atoms with Crippen LogP contribution in [0.3, 0.4) is 0 Å². The number of hydrogen-bond donors (Lipinski definition) is 2. The van der Waals surface area contributed by atoms with Gasteiger partial charge < -0.3 is 15.4 Å². The fourth-order valence-electron chi connectivity index (χ4n) is 2.24. The van der Waals surface area contributed by atoms with Crippen LogP contribution < -0.4 is 10.6 Å². The Labute approximate surface area is 146 Å². The van der Waals surface area contributed by atoms with Crippen LogP contribution in [0.15, 0.2) is 48.5 Å². The number of nitrogens with one attached hydrogen (secondary N) is 2. The van der Waals surface area contributed by atoms with Crippen LogP contribution in [0, 0.1) is 6.92 Å². The predicted molar refractivity (Wildman–Crippen MR) is 94.5 cm³/mol. The lowest BCUT2D eigenvalue weighted by Crippen LogP contribution is -2.28. The summed E-state index contributed by atoms with van der Waals surface area (Å²) in [6.45, 7) is 2.10. The SMILES string of the molecule is COC(=O)c1ccc(NC(=O)CCNC(=O)c2ccccc2C)cc1. The molecule has 0 fully saturated rings. The van der Waals surface area contributed by atoms with E-state index in [1.807, 2.05) is 19.1 Å². The Morgan fingerprint density at radius 2 is 1.68 bits per heavy atom. The minimum Gasteiger partial charge on any atom is -0.465 e. The summed E-state index contributed by atoms with van der Waals surface area (Å²) in [5, 5.41) is 5.44. The highest BCUT2D eigenvalue weighted by molar-refractivity contribution is 5.96. The first-order chi connectivity index (χ1) is 12.0. The van der Waals surface area contributed by atoms with Crippen molar-refractivity contribution in [2.45, 2.75) is 13.3 Å². The molecule has 0 aromatic heterocycles. The molecule has 0 aliphatic rings. The molecule has 0 saturated carbocycles. The topological polar surface area (TPSA) is 84.5 Å². The van der Waals surface area contributed by atoms with Crippen LogP contribution in [0.2, 0.25) is 0 Å². The van der Waals surface area contributed by atoms with Crippen molar-refractivity contribution in [3.8, 4) is 0 Å². The second-order valence-corrected chi connectivity index (χ2v) is 5.44. The second kappa shape index (κ2) is 8.63. The lowest BCUT2D eigenvalue weighted by molar-refractivity contribution is -0.116. The van der Waals surface area contributed by atoms with E-state index in [-0.39, 0.29) is 24.8 Å². The fraction of sp³-hybridized carbons (Fsp3) is 0.211. The molecule has 6 nitrogen and oxygen atoms in total. The van der Waals surface area contributed by atoms with Gasteiger partial charge in [-0.05, 0) is 42.8 Å². The summed E-state index contributed by atoms with van der Waals surface area (Å²) in [6.07, 6.45) is 0.149. The van der Waals surface area contributed by atoms with Crippen LogP contribution in [0.25, 0.3) is 0 Å². The van der Waals surface area contributed by atoms with Gasteiger partial charge in [0, 0.05) is 24.2 Å². The Bertz CT molecular complexity index is 769. The Hall–Kier alpha value is -3.15. The summed E-state index contributed by atoms with van der Waals surface area (Å²) in [5.74, 6) is -0.860. The third kappa shape index (κ3) is 5.17. The molecule has 0 spiro atoms. The van der Waals surface area contributed by atoms with E-state index in [0.29, 0.717) is 16.8 Å². The molecule has 0 heterocycles. The van der Waals surface area contributed by atoms with Gasteiger partial charge in [-0.2, -0.15) is 0 Å². The quantitative estimate of drug-likeness (QED) is 0.792. The van der Waals surface area contributed by atoms with Crippen molar-refractivity contribution in [2.75, 3.05) is 19.0 Å². The van der Waals surface area contributed by atoms with Gasteiger partial charge in [-0.15, -0.1) is 0 Å². The van der Waals surface area contributed by atoms with E-state index in [4.69, 9.17) is 0 Å². The first-order valence-electron chi connectivity index (χ1n) is 7.83. The smallest absolute Gasteiger partial charge is 0.337 e. The molecular weight excluding hydrogens is 320 g/mol. The Balaban J connectivity index is 1.80. The number of hydrogen-bond acceptors (Lipinski definition) is 4. The van der Waals surface area contributed by atoms with Crippen molar-refractivity contribution >= 4 is 23.5 Å². The van der Waals surface area contributed by atoms with E-state index < -0.39 is 5.97 Å². The number of amides is 2. The van der Waals surface area contributed by atoms with Crippen molar-refractivity contribution < 1.29 is 19.1 Å². The summed E-state index contributed by atoms with van der Waals surface area (Å²) < 4.78 is 4.61. The summed E-state index contributed by atoms with van der Waals surface area (Å²) in [4.78, 5) is 35.3. The maximum absolute atomic E-state index is 12.0. The third-order valence-electron chi connectivity index (χ3n) is 3.62. The maximum atomic E-state index is 12.0. The van der Waals surface area contributed by atoms with Gasteiger partial charge in [0.15, 0.2) is 0 Å². The van der Waals surface area contributed by atoms with Crippen molar-refractivity contribution in [1.82, 2.24) is 5.32 Å². The molecule has 0 aliphatic heterocycles. The van der Waals surface area contributed by atoms with E-state index in [9.17, 15) is 14.4 Å². The van der Waals surface area contributed by atoms with E-state index in [2.05, 4.69) is 15.4 Å². The molecule has 25 heavy (non-hydrogen) atoms. The van der Waals surface area contributed by atoms with E-state index in [1.165, 1.54) is 7.11 Å². The van der Waals surface area contributed by atoms with Crippen molar-refractivity contribution in [2.24, 2.45) is 0 Å². The fourth-order valence-corrected chi connectivity index (χ4v) is 2.24. The molecule has 0 saturated heterocycles. The molecule has 0 bridgehead atoms. The monoisotopic (exact) mass is 340 g/mol. The Morgan fingerprint density at radius 3 is 2.32 bits per heavy atom. The standard InChI is InChI=1S/C19H20N2O4/c1-13-5-3-4-6-16(13)18(23)20-12-11-17(22)21-15-9-7-14(8-10-15)19(24)25-2/h3-10H,11-12H2,1-2H3,(H,20,23)(H,21,22). The molecule has 0 radical (unpaired) electrons. The van der Waals surface area contributed by atoms with Crippen LogP contribution in [0.4, 0.5) is 5.69 Å². The number of rotatable bonds is 6. The highest BCUT2D eigenvalue weighted by Crippen LogP contribution is 2.11. The summed E-state index contributed by atoms with van der Waals surface area (Å²) in [7, 11) is 1.31.